The normalized spacial score (nSPS) is 18.2. The molecule has 25 heavy (non-hydrogen) atoms. The van der Waals surface area contributed by atoms with Gasteiger partial charge in [-0.3, -0.25) is 9.69 Å². The zero-order valence-electron chi connectivity index (χ0n) is 14.1. The van der Waals surface area contributed by atoms with Crippen LogP contribution in [-0.4, -0.2) is 48.2 Å². The SMILES string of the molecule is O=C(NCCN1CCCC[C@H]1CO)c1ccc(-c2ccccc2Cl)o1. The van der Waals surface area contributed by atoms with E-state index < -0.39 is 0 Å². The third-order valence-electron chi connectivity index (χ3n) is 4.61. The number of hydrogen-bond donors (Lipinski definition) is 2. The van der Waals surface area contributed by atoms with Gasteiger partial charge in [0.1, 0.15) is 5.76 Å². The van der Waals surface area contributed by atoms with Crippen molar-refractivity contribution in [3.63, 3.8) is 0 Å². The van der Waals surface area contributed by atoms with Crippen LogP contribution in [0.3, 0.4) is 0 Å². The van der Waals surface area contributed by atoms with Gasteiger partial charge < -0.3 is 14.8 Å². The molecular formula is C19H23ClN2O3. The number of hydrogen-bond acceptors (Lipinski definition) is 4. The minimum absolute atomic E-state index is 0.174. The van der Waals surface area contributed by atoms with E-state index >= 15 is 0 Å². The van der Waals surface area contributed by atoms with Gasteiger partial charge in [-0.1, -0.05) is 30.2 Å². The summed E-state index contributed by atoms with van der Waals surface area (Å²) in [6, 6.07) is 11.0. The molecule has 0 unspecified atom stereocenters. The van der Waals surface area contributed by atoms with Gasteiger partial charge in [0.25, 0.3) is 5.91 Å². The van der Waals surface area contributed by atoms with Crippen LogP contribution in [0.25, 0.3) is 11.3 Å². The highest BCUT2D eigenvalue weighted by molar-refractivity contribution is 6.33. The molecular weight excluding hydrogens is 340 g/mol. The zero-order valence-corrected chi connectivity index (χ0v) is 14.8. The van der Waals surface area contributed by atoms with Crippen LogP contribution in [0.2, 0.25) is 5.02 Å². The van der Waals surface area contributed by atoms with Crippen LogP contribution in [0.5, 0.6) is 0 Å². The first-order valence-corrected chi connectivity index (χ1v) is 9.04. The van der Waals surface area contributed by atoms with E-state index in [2.05, 4.69) is 10.2 Å². The largest absolute Gasteiger partial charge is 0.451 e. The van der Waals surface area contributed by atoms with Crippen molar-refractivity contribution in [1.29, 1.82) is 0 Å². The van der Waals surface area contributed by atoms with Gasteiger partial charge in [-0.15, -0.1) is 0 Å². The molecule has 1 aromatic heterocycles. The number of nitrogens with zero attached hydrogens (tertiary/aromatic N) is 1. The maximum Gasteiger partial charge on any atom is 0.287 e. The Kier molecular flexibility index (Phi) is 6.13. The highest BCUT2D eigenvalue weighted by Gasteiger charge is 2.21. The molecule has 1 aliphatic rings. The van der Waals surface area contributed by atoms with Crippen molar-refractivity contribution in [1.82, 2.24) is 10.2 Å². The molecule has 5 nitrogen and oxygen atoms in total. The zero-order chi connectivity index (χ0) is 17.6. The highest BCUT2D eigenvalue weighted by Crippen LogP contribution is 2.29. The first-order chi connectivity index (χ1) is 12.2. The Balaban J connectivity index is 1.55. The topological polar surface area (TPSA) is 65.7 Å². The van der Waals surface area contributed by atoms with Crippen molar-refractivity contribution in [3.05, 3.63) is 47.2 Å². The van der Waals surface area contributed by atoms with Crippen LogP contribution < -0.4 is 5.32 Å². The van der Waals surface area contributed by atoms with Gasteiger partial charge in [0, 0.05) is 24.7 Å². The quantitative estimate of drug-likeness (QED) is 0.828. The number of furan rings is 1. The maximum absolute atomic E-state index is 12.3. The number of carbonyl (C=O) groups excluding carboxylic acids is 1. The van der Waals surface area contributed by atoms with Crippen LogP contribution in [0.15, 0.2) is 40.8 Å². The van der Waals surface area contributed by atoms with E-state index in [9.17, 15) is 9.90 Å². The third-order valence-corrected chi connectivity index (χ3v) is 4.94. The molecule has 0 aliphatic carbocycles. The van der Waals surface area contributed by atoms with Crippen molar-refractivity contribution < 1.29 is 14.3 Å². The minimum Gasteiger partial charge on any atom is -0.451 e. The monoisotopic (exact) mass is 362 g/mol. The number of halogens is 1. The number of likely N-dealkylation sites (tertiary alicyclic amines) is 1. The van der Waals surface area contributed by atoms with Gasteiger partial charge >= 0.3 is 0 Å². The lowest BCUT2D eigenvalue weighted by molar-refractivity contribution is 0.0836. The van der Waals surface area contributed by atoms with E-state index in [-0.39, 0.29) is 24.3 Å². The van der Waals surface area contributed by atoms with Crippen LogP contribution in [0.4, 0.5) is 0 Å². The van der Waals surface area contributed by atoms with Crippen molar-refractivity contribution >= 4 is 17.5 Å². The Morgan fingerprint density at radius 2 is 2.12 bits per heavy atom. The Hall–Kier alpha value is -1.82. The molecule has 2 heterocycles. The summed E-state index contributed by atoms with van der Waals surface area (Å²) < 4.78 is 5.65. The van der Waals surface area contributed by atoms with Crippen LogP contribution in [-0.2, 0) is 0 Å². The molecule has 6 heteroatoms. The lowest BCUT2D eigenvalue weighted by atomic mass is 10.0. The van der Waals surface area contributed by atoms with E-state index in [0.717, 1.165) is 37.9 Å². The van der Waals surface area contributed by atoms with Crippen molar-refractivity contribution in [2.24, 2.45) is 0 Å². The summed E-state index contributed by atoms with van der Waals surface area (Å²) in [6.45, 7) is 2.40. The van der Waals surface area contributed by atoms with Gasteiger partial charge in [-0.25, -0.2) is 0 Å². The number of aliphatic hydroxyl groups excluding tert-OH is 1. The number of amides is 1. The van der Waals surface area contributed by atoms with Crippen molar-refractivity contribution in [3.8, 4) is 11.3 Å². The van der Waals surface area contributed by atoms with E-state index in [0.29, 0.717) is 17.3 Å². The fourth-order valence-electron chi connectivity index (χ4n) is 3.23. The third kappa shape index (κ3) is 4.42. The summed E-state index contributed by atoms with van der Waals surface area (Å²) in [4.78, 5) is 14.5. The Morgan fingerprint density at radius 1 is 1.28 bits per heavy atom. The first-order valence-electron chi connectivity index (χ1n) is 8.67. The molecule has 1 aliphatic heterocycles. The van der Waals surface area contributed by atoms with Gasteiger partial charge in [0.15, 0.2) is 5.76 Å². The number of carbonyl (C=O) groups is 1. The molecule has 0 bridgehead atoms. The Bertz CT molecular complexity index is 716. The smallest absolute Gasteiger partial charge is 0.287 e. The number of aliphatic hydroxyl groups is 1. The molecule has 0 spiro atoms. The lowest BCUT2D eigenvalue weighted by Crippen LogP contribution is -2.45. The van der Waals surface area contributed by atoms with Gasteiger partial charge in [0.2, 0.25) is 0 Å². The van der Waals surface area contributed by atoms with Crippen molar-refractivity contribution in [2.45, 2.75) is 25.3 Å². The fraction of sp³-hybridized carbons (Fsp3) is 0.421. The van der Waals surface area contributed by atoms with Gasteiger partial charge in [0.05, 0.1) is 11.6 Å². The number of rotatable bonds is 6. The second-order valence-corrected chi connectivity index (χ2v) is 6.67. The molecule has 1 saturated heterocycles. The maximum atomic E-state index is 12.3. The molecule has 1 fully saturated rings. The molecule has 1 amide bonds. The average Bonchev–Trinajstić information content (AvgIpc) is 3.12. The molecule has 3 rings (SSSR count). The van der Waals surface area contributed by atoms with E-state index in [1.165, 1.54) is 0 Å². The average molecular weight is 363 g/mol. The second-order valence-electron chi connectivity index (χ2n) is 6.27. The summed E-state index contributed by atoms with van der Waals surface area (Å²) in [5.41, 5.74) is 0.766. The van der Waals surface area contributed by atoms with E-state index in [1.807, 2.05) is 18.2 Å². The number of benzene rings is 1. The lowest BCUT2D eigenvalue weighted by Gasteiger charge is -2.34. The molecule has 2 N–H and O–H groups in total. The van der Waals surface area contributed by atoms with Crippen LogP contribution in [0, 0.1) is 0 Å². The second kappa shape index (κ2) is 8.52. The summed E-state index contributed by atoms with van der Waals surface area (Å²) >= 11 is 6.16. The molecule has 0 radical (unpaired) electrons. The fourth-order valence-corrected chi connectivity index (χ4v) is 3.46. The summed E-state index contributed by atoms with van der Waals surface area (Å²) in [5, 5.41) is 12.9. The Morgan fingerprint density at radius 3 is 2.92 bits per heavy atom. The van der Waals surface area contributed by atoms with Crippen LogP contribution in [0.1, 0.15) is 29.8 Å². The summed E-state index contributed by atoms with van der Waals surface area (Å²) in [5.74, 6) is 0.607. The summed E-state index contributed by atoms with van der Waals surface area (Å²) in [6.07, 6.45) is 3.32. The first kappa shape index (κ1) is 18.0. The van der Waals surface area contributed by atoms with E-state index in [4.69, 9.17) is 16.0 Å². The van der Waals surface area contributed by atoms with Gasteiger partial charge in [-0.05, 0) is 43.7 Å². The summed E-state index contributed by atoms with van der Waals surface area (Å²) in [7, 11) is 0. The van der Waals surface area contributed by atoms with Gasteiger partial charge in [-0.2, -0.15) is 0 Å². The minimum atomic E-state index is -0.240. The number of nitrogens with one attached hydrogen (secondary N) is 1. The van der Waals surface area contributed by atoms with Crippen LogP contribution >= 0.6 is 11.6 Å². The molecule has 1 aromatic carbocycles. The van der Waals surface area contributed by atoms with E-state index in [1.54, 1.807) is 18.2 Å². The molecule has 0 saturated carbocycles. The van der Waals surface area contributed by atoms with Crippen molar-refractivity contribution in [2.75, 3.05) is 26.2 Å². The highest BCUT2D eigenvalue weighted by atomic mass is 35.5. The molecule has 1 atom stereocenters. The Labute approximate surface area is 152 Å². The predicted molar refractivity (Wildman–Crippen MR) is 97.8 cm³/mol. The molecule has 134 valence electrons. The number of piperidine rings is 1. The standard InChI is InChI=1S/C19H23ClN2O3/c20-16-7-2-1-6-15(16)17-8-9-18(25-17)19(24)21-10-12-22-11-4-3-5-14(22)13-23/h1-2,6-9,14,23H,3-5,10-13H2,(H,21,24)/t14-/m0/s1. The predicted octanol–water partition coefficient (Wildman–Crippen LogP) is 3.18. The molecule has 2 aromatic rings.